The lowest BCUT2D eigenvalue weighted by Crippen LogP contribution is -2.57. The van der Waals surface area contributed by atoms with Gasteiger partial charge >= 0.3 is 0 Å². The van der Waals surface area contributed by atoms with Crippen LogP contribution in [-0.2, 0) is 24.3 Å². The van der Waals surface area contributed by atoms with Crippen molar-refractivity contribution in [3.63, 3.8) is 0 Å². The van der Waals surface area contributed by atoms with Crippen LogP contribution in [0.5, 0.6) is 0 Å². The molecule has 0 saturated carbocycles. The van der Waals surface area contributed by atoms with Crippen molar-refractivity contribution < 1.29 is 27.8 Å². The van der Waals surface area contributed by atoms with Gasteiger partial charge in [-0.3, -0.25) is 4.79 Å². The Morgan fingerprint density at radius 1 is 1.28 bits per heavy atom. The Balaban J connectivity index is 1.87. The van der Waals surface area contributed by atoms with Gasteiger partial charge in [-0.25, -0.2) is 8.42 Å². The molecule has 1 N–H and O–H groups in total. The topological polar surface area (TPSA) is 96.4 Å². The fourth-order valence-corrected chi connectivity index (χ4v) is 5.94. The van der Waals surface area contributed by atoms with E-state index in [1.807, 2.05) is 0 Å². The summed E-state index contributed by atoms with van der Waals surface area (Å²) in [5.41, 5.74) is 0. The van der Waals surface area contributed by atoms with Crippen molar-refractivity contribution in [3.8, 4) is 0 Å². The number of hydrogen-bond donors (Lipinski definition) is 1. The molecule has 0 aromatic heterocycles. The molecule has 0 radical (unpaired) electrons. The van der Waals surface area contributed by atoms with Gasteiger partial charge in [-0.2, -0.15) is 4.31 Å². The molecule has 8 nitrogen and oxygen atoms in total. The highest BCUT2D eigenvalue weighted by Gasteiger charge is 2.43. The fraction of sp³-hybridized carbons (Fsp3) is 0.632. The summed E-state index contributed by atoms with van der Waals surface area (Å²) in [6.07, 6.45) is -0.532. The molecule has 162 valence electrons. The smallest absolute Gasteiger partial charge is 0.244 e. The van der Waals surface area contributed by atoms with Crippen LogP contribution >= 0.6 is 11.6 Å². The van der Waals surface area contributed by atoms with Crippen molar-refractivity contribution in [2.24, 2.45) is 0 Å². The molecule has 0 bridgehead atoms. The van der Waals surface area contributed by atoms with Gasteiger partial charge in [0.25, 0.3) is 0 Å². The van der Waals surface area contributed by atoms with Crippen molar-refractivity contribution in [2.45, 2.75) is 48.5 Å². The number of carbonyl (C=O) groups excluding carboxylic acids is 1. The average Bonchev–Trinajstić information content (AvgIpc) is 2.65. The lowest BCUT2D eigenvalue weighted by atomic mass is 9.96. The molecule has 0 aliphatic carbocycles. The van der Waals surface area contributed by atoms with Gasteiger partial charge in [0.15, 0.2) is 0 Å². The number of amides is 1. The van der Waals surface area contributed by atoms with E-state index >= 15 is 0 Å². The van der Waals surface area contributed by atoms with Crippen molar-refractivity contribution in [1.82, 2.24) is 9.21 Å². The van der Waals surface area contributed by atoms with E-state index < -0.39 is 28.3 Å². The average molecular weight is 447 g/mol. The van der Waals surface area contributed by atoms with E-state index in [9.17, 15) is 18.3 Å². The number of carbonyl (C=O) groups is 1. The zero-order valence-electron chi connectivity index (χ0n) is 16.5. The maximum atomic E-state index is 13.4. The summed E-state index contributed by atoms with van der Waals surface area (Å²) in [4.78, 5) is 13.6. The molecule has 1 amide bonds. The first-order valence-corrected chi connectivity index (χ1v) is 11.4. The minimum absolute atomic E-state index is 0.000910. The van der Waals surface area contributed by atoms with Gasteiger partial charge in [0, 0.05) is 20.6 Å². The molecule has 1 aromatic carbocycles. The van der Waals surface area contributed by atoms with Crippen molar-refractivity contribution in [2.75, 3.05) is 33.9 Å². The third-order valence-electron chi connectivity index (χ3n) is 5.26. The molecule has 2 aliphatic heterocycles. The highest BCUT2D eigenvalue weighted by Crippen LogP contribution is 2.33. The predicted octanol–water partition coefficient (Wildman–Crippen LogP) is 1.12. The highest BCUT2D eigenvalue weighted by molar-refractivity contribution is 7.89. The summed E-state index contributed by atoms with van der Waals surface area (Å²) < 4.78 is 39.7. The van der Waals surface area contributed by atoms with Crippen LogP contribution in [0.4, 0.5) is 0 Å². The summed E-state index contributed by atoms with van der Waals surface area (Å²) >= 11 is 6.16. The number of halogens is 1. The first-order chi connectivity index (χ1) is 13.7. The molecule has 2 aliphatic rings. The van der Waals surface area contributed by atoms with E-state index in [4.69, 9.17) is 21.1 Å². The first kappa shape index (κ1) is 22.5. The van der Waals surface area contributed by atoms with Crippen LogP contribution in [0.15, 0.2) is 29.2 Å². The number of nitrogens with zero attached hydrogens (tertiary/aromatic N) is 2. The van der Waals surface area contributed by atoms with Crippen LogP contribution in [0.2, 0.25) is 5.02 Å². The van der Waals surface area contributed by atoms with Crippen LogP contribution in [0.1, 0.15) is 19.3 Å². The Morgan fingerprint density at radius 3 is 2.69 bits per heavy atom. The molecule has 4 atom stereocenters. The minimum Gasteiger partial charge on any atom is -0.389 e. The molecular formula is C19H27ClN2O6S. The molecule has 2 fully saturated rings. The highest BCUT2D eigenvalue weighted by atomic mass is 35.5. The number of hydrogen-bond acceptors (Lipinski definition) is 6. The zero-order valence-corrected chi connectivity index (χ0v) is 18.1. The molecule has 0 unspecified atom stereocenters. The number of aliphatic hydroxyl groups is 1. The van der Waals surface area contributed by atoms with Crippen molar-refractivity contribution in [1.29, 1.82) is 0 Å². The number of β-amino-alcohol motifs (C(OH)–C–C–N with tert-alkyl or cyclic N) is 1. The van der Waals surface area contributed by atoms with Crippen LogP contribution in [-0.4, -0.2) is 86.8 Å². The third-order valence-corrected chi connectivity index (χ3v) is 7.65. The van der Waals surface area contributed by atoms with E-state index in [1.54, 1.807) is 26.2 Å². The van der Waals surface area contributed by atoms with Gasteiger partial charge in [-0.15, -0.1) is 0 Å². The summed E-state index contributed by atoms with van der Waals surface area (Å²) in [6, 6.07) is 5.74. The fourth-order valence-electron chi connectivity index (χ4n) is 3.73. The maximum Gasteiger partial charge on any atom is 0.244 e. The number of rotatable bonds is 4. The largest absolute Gasteiger partial charge is 0.389 e. The lowest BCUT2D eigenvalue weighted by Gasteiger charge is -2.43. The maximum absolute atomic E-state index is 13.4. The van der Waals surface area contributed by atoms with Crippen LogP contribution in [0, 0.1) is 0 Å². The number of sulfonamides is 1. The first-order valence-electron chi connectivity index (χ1n) is 9.58. The number of aliphatic hydroxyl groups excluding tert-OH is 1. The van der Waals surface area contributed by atoms with Gasteiger partial charge in [0.05, 0.1) is 49.0 Å². The van der Waals surface area contributed by atoms with E-state index in [-0.39, 0.29) is 48.1 Å². The monoisotopic (exact) mass is 446 g/mol. The van der Waals surface area contributed by atoms with Gasteiger partial charge in [-0.1, -0.05) is 23.7 Å². The number of benzene rings is 1. The summed E-state index contributed by atoms with van der Waals surface area (Å²) in [6.45, 7) is 0.0325. The second kappa shape index (κ2) is 9.28. The molecule has 10 heteroatoms. The van der Waals surface area contributed by atoms with Crippen molar-refractivity contribution >= 4 is 27.5 Å². The second-order valence-corrected chi connectivity index (χ2v) is 9.90. The summed E-state index contributed by atoms with van der Waals surface area (Å²) in [5.74, 6) is -0.0452. The third kappa shape index (κ3) is 5.10. The van der Waals surface area contributed by atoms with Gasteiger partial charge in [0.2, 0.25) is 15.9 Å². The van der Waals surface area contributed by atoms with Crippen molar-refractivity contribution in [3.05, 3.63) is 29.3 Å². The molecule has 2 heterocycles. The summed E-state index contributed by atoms with van der Waals surface area (Å²) in [7, 11) is -0.585. The van der Waals surface area contributed by atoms with Gasteiger partial charge in [-0.05, 0) is 25.0 Å². The predicted molar refractivity (Wildman–Crippen MR) is 107 cm³/mol. The lowest BCUT2D eigenvalue weighted by molar-refractivity contribution is -0.150. The minimum atomic E-state index is -3.96. The summed E-state index contributed by atoms with van der Waals surface area (Å²) in [5, 5.41) is 10.4. The Morgan fingerprint density at radius 2 is 2.00 bits per heavy atom. The quantitative estimate of drug-likeness (QED) is 0.744. The number of ether oxygens (including phenoxy) is 2. The normalized spacial score (nSPS) is 28.8. The molecule has 3 rings (SSSR count). The zero-order chi connectivity index (χ0) is 21.2. The Hall–Kier alpha value is -1.23. The van der Waals surface area contributed by atoms with Crippen LogP contribution in [0.3, 0.4) is 0 Å². The van der Waals surface area contributed by atoms with Crippen LogP contribution in [0.25, 0.3) is 0 Å². The van der Waals surface area contributed by atoms with E-state index in [0.717, 1.165) is 0 Å². The van der Waals surface area contributed by atoms with Gasteiger partial charge in [0.1, 0.15) is 4.90 Å². The molecule has 1 aromatic rings. The number of fused-ring (bicyclic) bond motifs is 1. The van der Waals surface area contributed by atoms with Gasteiger partial charge < -0.3 is 19.5 Å². The van der Waals surface area contributed by atoms with E-state index in [0.29, 0.717) is 12.8 Å². The molecule has 2 saturated heterocycles. The standard InChI is InChI=1S/C19H27ClN2O6S/c1-21(2)19(24)9-14-7-8-16-17(28-14)12-27-11-13(23)10-22(16)29(25,26)18-6-4-3-5-15(18)20/h3-6,13-14,16-17,23H,7-12H2,1-2H3/t13-,14-,16-,17+/m1/s1. The van der Waals surface area contributed by atoms with E-state index in [2.05, 4.69) is 0 Å². The molecule has 0 spiro atoms. The Labute approximate surface area is 176 Å². The second-order valence-electron chi connectivity index (χ2n) is 7.63. The molecule has 29 heavy (non-hydrogen) atoms. The SMILES string of the molecule is CN(C)C(=O)C[C@H]1CC[C@@H]2[C@H](COC[C@H](O)CN2S(=O)(=O)c2ccccc2Cl)O1. The Kier molecular flexibility index (Phi) is 7.19. The van der Waals surface area contributed by atoms with E-state index in [1.165, 1.54) is 21.3 Å². The van der Waals surface area contributed by atoms with Crippen LogP contribution < -0.4 is 0 Å². The molecular weight excluding hydrogens is 420 g/mol. The Bertz CT molecular complexity index is 834.